The van der Waals surface area contributed by atoms with Gasteiger partial charge in [-0.3, -0.25) is 4.79 Å². The first-order valence-electron chi connectivity index (χ1n) is 6.63. The maximum atomic E-state index is 11.9. The molecule has 2 N–H and O–H groups in total. The molecule has 0 saturated carbocycles. The van der Waals surface area contributed by atoms with Crippen molar-refractivity contribution in [2.75, 3.05) is 11.9 Å². The number of carbonyl (C=O) groups is 1. The Hall–Kier alpha value is -2.79. The Morgan fingerprint density at radius 3 is 2.52 bits per heavy atom. The van der Waals surface area contributed by atoms with E-state index in [-0.39, 0.29) is 11.5 Å². The third-order valence-electron chi connectivity index (χ3n) is 2.77. The first kappa shape index (κ1) is 16.3. The second kappa shape index (κ2) is 7.72. The number of carbonyl (C=O) groups excluding carboxylic acids is 1. The molecule has 0 bridgehead atoms. The number of nitriles is 2. The number of hydrogen-bond donors (Lipinski definition) is 2. The fourth-order valence-corrected chi connectivity index (χ4v) is 1.61. The van der Waals surface area contributed by atoms with Gasteiger partial charge < -0.3 is 10.6 Å². The summed E-state index contributed by atoms with van der Waals surface area (Å²) in [6.45, 7) is 6.56. The van der Waals surface area contributed by atoms with Crippen LogP contribution in [0.5, 0.6) is 0 Å². The van der Waals surface area contributed by atoms with Gasteiger partial charge in [0.15, 0.2) is 0 Å². The summed E-state index contributed by atoms with van der Waals surface area (Å²) in [5.74, 6) is 0.292. The summed E-state index contributed by atoms with van der Waals surface area (Å²) >= 11 is 0. The Morgan fingerprint density at radius 2 is 2.00 bits per heavy atom. The highest BCUT2D eigenvalue weighted by atomic mass is 16.1. The molecule has 1 amide bonds. The van der Waals surface area contributed by atoms with Crippen molar-refractivity contribution in [3.8, 4) is 12.1 Å². The summed E-state index contributed by atoms with van der Waals surface area (Å²) < 4.78 is 0. The first-order chi connectivity index (χ1) is 9.97. The van der Waals surface area contributed by atoms with Gasteiger partial charge in [-0.05, 0) is 36.6 Å². The molecule has 0 saturated heterocycles. The molecular weight excluding hydrogens is 264 g/mol. The van der Waals surface area contributed by atoms with Crippen LogP contribution >= 0.6 is 0 Å². The number of aryl methyl sites for hydroxylation is 1. The molecule has 0 radical (unpaired) electrons. The highest BCUT2D eigenvalue weighted by Crippen LogP contribution is 2.17. The monoisotopic (exact) mass is 282 g/mol. The smallest absolute Gasteiger partial charge is 0.251 e. The van der Waals surface area contributed by atoms with Crippen molar-refractivity contribution in [3.05, 3.63) is 41.1 Å². The molecule has 5 heteroatoms. The van der Waals surface area contributed by atoms with Crippen molar-refractivity contribution in [2.24, 2.45) is 5.92 Å². The van der Waals surface area contributed by atoms with E-state index in [2.05, 4.69) is 10.6 Å². The number of nitrogens with one attached hydrogen (secondary N) is 2. The summed E-state index contributed by atoms with van der Waals surface area (Å²) in [4.78, 5) is 11.9. The number of amides is 1. The van der Waals surface area contributed by atoms with E-state index in [9.17, 15) is 4.79 Å². The van der Waals surface area contributed by atoms with E-state index in [1.54, 1.807) is 30.3 Å². The van der Waals surface area contributed by atoms with Crippen LogP contribution in [0, 0.1) is 35.5 Å². The summed E-state index contributed by atoms with van der Waals surface area (Å²) in [5, 5.41) is 23.1. The van der Waals surface area contributed by atoms with Crippen LogP contribution in [0.1, 0.15) is 29.8 Å². The van der Waals surface area contributed by atoms with Crippen LogP contribution in [0.2, 0.25) is 0 Å². The Bertz CT molecular complexity index is 617. The van der Waals surface area contributed by atoms with Crippen molar-refractivity contribution in [1.29, 1.82) is 10.5 Å². The quantitative estimate of drug-likeness (QED) is 0.813. The maximum Gasteiger partial charge on any atom is 0.251 e. The van der Waals surface area contributed by atoms with Gasteiger partial charge in [0.25, 0.3) is 5.91 Å². The number of allylic oxidation sites excluding steroid dienone is 1. The van der Waals surface area contributed by atoms with Crippen LogP contribution in [0.3, 0.4) is 0 Å². The van der Waals surface area contributed by atoms with Gasteiger partial charge >= 0.3 is 0 Å². The van der Waals surface area contributed by atoms with E-state index in [1.807, 2.05) is 20.8 Å². The average Bonchev–Trinajstić information content (AvgIpc) is 2.47. The third-order valence-corrected chi connectivity index (χ3v) is 2.77. The van der Waals surface area contributed by atoms with E-state index >= 15 is 0 Å². The van der Waals surface area contributed by atoms with Gasteiger partial charge in [0.05, 0.1) is 0 Å². The standard InChI is InChI=1S/C16H18N4O/c1-11(2)9-20-16(21)14-4-5-15(12(3)6-14)19-10-13(7-17)8-18/h4-6,10-11,19H,9H2,1-3H3,(H,20,21). The van der Waals surface area contributed by atoms with Crippen molar-refractivity contribution < 1.29 is 4.79 Å². The molecule has 1 rings (SSSR count). The predicted octanol–water partition coefficient (Wildman–Crippen LogP) is 2.72. The van der Waals surface area contributed by atoms with E-state index in [4.69, 9.17) is 10.5 Å². The van der Waals surface area contributed by atoms with Gasteiger partial charge in [-0.15, -0.1) is 0 Å². The number of rotatable bonds is 5. The largest absolute Gasteiger partial charge is 0.360 e. The minimum absolute atomic E-state index is 0.00634. The van der Waals surface area contributed by atoms with E-state index < -0.39 is 0 Å². The lowest BCUT2D eigenvalue weighted by Gasteiger charge is -2.10. The highest BCUT2D eigenvalue weighted by Gasteiger charge is 2.07. The number of benzene rings is 1. The van der Waals surface area contributed by atoms with Gasteiger partial charge in [-0.25, -0.2) is 0 Å². The molecule has 0 heterocycles. The van der Waals surface area contributed by atoms with E-state index in [0.29, 0.717) is 18.0 Å². The molecule has 21 heavy (non-hydrogen) atoms. The van der Waals surface area contributed by atoms with Crippen LogP contribution in [0.15, 0.2) is 30.0 Å². The zero-order chi connectivity index (χ0) is 15.8. The molecule has 0 aliphatic rings. The van der Waals surface area contributed by atoms with Crippen LogP contribution in [0.4, 0.5) is 5.69 Å². The molecule has 0 atom stereocenters. The molecule has 1 aromatic rings. The average molecular weight is 282 g/mol. The molecule has 0 fully saturated rings. The summed E-state index contributed by atoms with van der Waals surface area (Å²) in [5.41, 5.74) is 2.19. The Morgan fingerprint density at radius 1 is 1.33 bits per heavy atom. The zero-order valence-electron chi connectivity index (χ0n) is 12.4. The molecule has 0 aromatic heterocycles. The lowest BCUT2D eigenvalue weighted by molar-refractivity contribution is 0.0949. The van der Waals surface area contributed by atoms with Gasteiger partial charge in [-0.2, -0.15) is 10.5 Å². The van der Waals surface area contributed by atoms with E-state index in [0.717, 1.165) is 11.3 Å². The third kappa shape index (κ3) is 5.00. The number of anilines is 1. The summed E-state index contributed by atoms with van der Waals surface area (Å²) in [6.07, 6.45) is 1.35. The predicted molar refractivity (Wildman–Crippen MR) is 81.3 cm³/mol. The SMILES string of the molecule is Cc1cc(C(=O)NCC(C)C)ccc1NC=C(C#N)C#N. The van der Waals surface area contributed by atoms with Crippen molar-refractivity contribution >= 4 is 11.6 Å². The van der Waals surface area contributed by atoms with Crippen LogP contribution in [-0.2, 0) is 0 Å². The summed E-state index contributed by atoms with van der Waals surface area (Å²) in [6, 6.07) is 8.77. The summed E-state index contributed by atoms with van der Waals surface area (Å²) in [7, 11) is 0. The molecule has 108 valence electrons. The van der Waals surface area contributed by atoms with Crippen molar-refractivity contribution in [1.82, 2.24) is 5.32 Å². The molecule has 0 aliphatic carbocycles. The number of hydrogen-bond acceptors (Lipinski definition) is 4. The molecule has 5 nitrogen and oxygen atoms in total. The van der Waals surface area contributed by atoms with Crippen LogP contribution < -0.4 is 10.6 Å². The van der Waals surface area contributed by atoms with Crippen LogP contribution in [0.25, 0.3) is 0 Å². The first-order valence-corrected chi connectivity index (χ1v) is 6.63. The molecule has 0 unspecified atom stereocenters. The Kier molecular flexibility index (Phi) is 5.98. The Balaban J connectivity index is 2.82. The van der Waals surface area contributed by atoms with Gasteiger partial charge in [0, 0.05) is 24.0 Å². The highest BCUT2D eigenvalue weighted by molar-refractivity contribution is 5.94. The molecule has 1 aromatic carbocycles. The fraction of sp³-hybridized carbons (Fsp3) is 0.312. The van der Waals surface area contributed by atoms with Gasteiger partial charge in [0.2, 0.25) is 0 Å². The molecule has 0 aliphatic heterocycles. The lowest BCUT2D eigenvalue weighted by Crippen LogP contribution is -2.27. The van der Waals surface area contributed by atoms with Crippen molar-refractivity contribution in [3.63, 3.8) is 0 Å². The van der Waals surface area contributed by atoms with Crippen molar-refractivity contribution in [2.45, 2.75) is 20.8 Å². The second-order valence-electron chi connectivity index (χ2n) is 5.06. The lowest BCUT2D eigenvalue weighted by atomic mass is 10.1. The molecule has 0 spiro atoms. The number of nitrogens with zero attached hydrogens (tertiary/aromatic N) is 2. The molecular formula is C16H18N4O. The van der Waals surface area contributed by atoms with Gasteiger partial charge in [0.1, 0.15) is 17.7 Å². The minimum Gasteiger partial charge on any atom is -0.360 e. The normalized spacial score (nSPS) is 9.43. The van der Waals surface area contributed by atoms with E-state index in [1.165, 1.54) is 6.20 Å². The fourth-order valence-electron chi connectivity index (χ4n) is 1.61. The maximum absolute atomic E-state index is 11.9. The Labute approximate surface area is 124 Å². The van der Waals surface area contributed by atoms with Crippen LogP contribution in [-0.4, -0.2) is 12.5 Å². The van der Waals surface area contributed by atoms with Gasteiger partial charge in [-0.1, -0.05) is 13.8 Å². The second-order valence-corrected chi connectivity index (χ2v) is 5.06. The zero-order valence-corrected chi connectivity index (χ0v) is 12.4. The minimum atomic E-state index is -0.108. The topological polar surface area (TPSA) is 88.7 Å².